The van der Waals surface area contributed by atoms with E-state index in [0.29, 0.717) is 22.8 Å². The second-order valence-electron chi connectivity index (χ2n) is 5.93. The molecule has 4 rings (SSSR count). The molecule has 0 radical (unpaired) electrons. The Morgan fingerprint density at radius 3 is 2.62 bits per heavy atom. The van der Waals surface area contributed by atoms with Gasteiger partial charge < -0.3 is 10.0 Å². The average molecular weight is 366 g/mol. The lowest BCUT2D eigenvalue weighted by Crippen LogP contribution is -2.26. The van der Waals surface area contributed by atoms with Gasteiger partial charge in [-0.3, -0.25) is 10.4 Å². The van der Waals surface area contributed by atoms with Crippen molar-refractivity contribution in [2.75, 3.05) is 6.54 Å². The van der Waals surface area contributed by atoms with Crippen molar-refractivity contribution in [1.82, 2.24) is 14.9 Å². The quantitative estimate of drug-likeness (QED) is 0.729. The Labute approximate surface area is 153 Å². The number of nitrogens with zero attached hydrogens (tertiary/aromatic N) is 3. The van der Waals surface area contributed by atoms with Gasteiger partial charge in [0.2, 0.25) is 0 Å². The van der Waals surface area contributed by atoms with E-state index in [-0.39, 0.29) is 24.0 Å². The van der Waals surface area contributed by atoms with Crippen molar-refractivity contribution < 1.29 is 9.50 Å². The molecule has 2 N–H and O–H groups in total. The first-order chi connectivity index (χ1) is 12.6. The van der Waals surface area contributed by atoms with Crippen LogP contribution in [0.3, 0.4) is 0 Å². The topological polar surface area (TPSA) is 73.1 Å². The van der Waals surface area contributed by atoms with Crippen LogP contribution in [0.15, 0.2) is 59.9 Å². The van der Waals surface area contributed by atoms with Crippen molar-refractivity contribution in [1.29, 1.82) is 5.41 Å². The maximum Gasteiger partial charge on any atom is 0.135 e. The maximum atomic E-state index is 13.1. The fourth-order valence-electron chi connectivity index (χ4n) is 2.84. The van der Waals surface area contributed by atoms with Gasteiger partial charge in [-0.2, -0.15) is 0 Å². The highest BCUT2D eigenvalue weighted by Crippen LogP contribution is 2.32. The van der Waals surface area contributed by atoms with Crippen molar-refractivity contribution in [3.63, 3.8) is 0 Å². The van der Waals surface area contributed by atoms with E-state index in [9.17, 15) is 9.50 Å². The summed E-state index contributed by atoms with van der Waals surface area (Å²) in [5.41, 5.74) is 2.97. The third kappa shape index (κ3) is 3.09. The Kier molecular flexibility index (Phi) is 4.22. The maximum absolute atomic E-state index is 13.1. The average Bonchev–Trinajstić information content (AvgIpc) is 3.22. The zero-order valence-corrected chi connectivity index (χ0v) is 14.5. The fourth-order valence-corrected chi connectivity index (χ4v) is 3.74. The molecular formula is C19H15FN4OS. The van der Waals surface area contributed by atoms with Gasteiger partial charge in [0, 0.05) is 29.9 Å². The molecule has 0 aliphatic carbocycles. The summed E-state index contributed by atoms with van der Waals surface area (Å²) in [6, 6.07) is 9.88. The summed E-state index contributed by atoms with van der Waals surface area (Å²) in [5.74, 6) is 0.0947. The van der Waals surface area contributed by atoms with Gasteiger partial charge in [0.05, 0.1) is 17.8 Å². The number of hydrogen-bond donors (Lipinski definition) is 2. The second-order valence-corrected chi connectivity index (χ2v) is 6.78. The van der Waals surface area contributed by atoms with Crippen molar-refractivity contribution in [2.24, 2.45) is 0 Å². The molecule has 0 amide bonds. The molecule has 0 saturated carbocycles. The Balaban J connectivity index is 1.57. The highest BCUT2D eigenvalue weighted by atomic mass is 32.1. The van der Waals surface area contributed by atoms with Gasteiger partial charge in [0.25, 0.3) is 0 Å². The zero-order chi connectivity index (χ0) is 18.1. The smallest absolute Gasteiger partial charge is 0.135 e. The summed E-state index contributed by atoms with van der Waals surface area (Å²) in [6.07, 6.45) is 3.41. The van der Waals surface area contributed by atoms with E-state index in [0.717, 1.165) is 11.1 Å². The number of rotatable bonds is 4. The van der Waals surface area contributed by atoms with E-state index >= 15 is 0 Å². The van der Waals surface area contributed by atoms with Gasteiger partial charge in [-0.1, -0.05) is 0 Å². The zero-order valence-electron chi connectivity index (χ0n) is 13.7. The lowest BCUT2D eigenvalue weighted by Gasteiger charge is -2.18. The third-order valence-electron chi connectivity index (χ3n) is 4.16. The largest absolute Gasteiger partial charge is 0.510 e. The van der Waals surface area contributed by atoms with Gasteiger partial charge in [0.15, 0.2) is 0 Å². The van der Waals surface area contributed by atoms with Crippen LogP contribution in [0.4, 0.5) is 4.39 Å². The van der Waals surface area contributed by atoms with E-state index in [1.807, 2.05) is 17.5 Å². The van der Waals surface area contributed by atoms with Gasteiger partial charge >= 0.3 is 0 Å². The Morgan fingerprint density at radius 1 is 1.15 bits per heavy atom. The molecular weight excluding hydrogens is 351 g/mol. The molecule has 3 heterocycles. The van der Waals surface area contributed by atoms with Crippen LogP contribution >= 0.6 is 11.3 Å². The minimum atomic E-state index is -0.297. The number of aliphatic hydroxyl groups excluding tert-OH is 1. The van der Waals surface area contributed by atoms with Crippen LogP contribution in [0.5, 0.6) is 0 Å². The molecule has 0 unspecified atom stereocenters. The molecule has 1 aliphatic rings. The van der Waals surface area contributed by atoms with Crippen LogP contribution in [-0.2, 0) is 6.54 Å². The molecule has 3 aromatic rings. The molecule has 1 aromatic carbocycles. The first-order valence-electron chi connectivity index (χ1n) is 7.98. The van der Waals surface area contributed by atoms with E-state index in [1.54, 1.807) is 29.4 Å². The summed E-state index contributed by atoms with van der Waals surface area (Å²) in [7, 11) is 0. The van der Waals surface area contributed by atoms with Crippen LogP contribution in [0.25, 0.3) is 16.8 Å². The minimum absolute atomic E-state index is 0.143. The van der Waals surface area contributed by atoms with Crippen molar-refractivity contribution >= 4 is 22.7 Å². The molecule has 1 aliphatic heterocycles. The van der Waals surface area contributed by atoms with Crippen molar-refractivity contribution in [2.45, 2.75) is 6.54 Å². The van der Waals surface area contributed by atoms with Crippen LogP contribution in [0, 0.1) is 11.2 Å². The number of amidine groups is 1. The molecule has 0 atom stereocenters. The fraction of sp³-hybridized carbons (Fsp3) is 0.105. The standard InChI is InChI=1S/C19H15FN4OS/c20-14-3-1-13(2-4-14)15-11-26-19(23-15)17-16(25)10-24(18(17)21)9-12-5-7-22-8-6-12/h1-8,11,21,25H,9-10H2. The number of hydrogen-bond acceptors (Lipinski definition) is 5. The molecule has 7 heteroatoms. The summed E-state index contributed by atoms with van der Waals surface area (Å²) in [5, 5.41) is 21.2. The minimum Gasteiger partial charge on any atom is -0.510 e. The molecule has 26 heavy (non-hydrogen) atoms. The number of thiazole rings is 1. The Bertz CT molecular complexity index is 982. The first-order valence-corrected chi connectivity index (χ1v) is 8.86. The number of aromatic nitrogens is 2. The number of aliphatic hydroxyl groups is 1. The first kappa shape index (κ1) is 16.4. The van der Waals surface area contributed by atoms with Gasteiger partial charge in [-0.25, -0.2) is 9.37 Å². The molecule has 0 fully saturated rings. The van der Waals surface area contributed by atoms with E-state index in [1.165, 1.54) is 23.5 Å². The monoisotopic (exact) mass is 366 g/mol. The lowest BCUT2D eigenvalue weighted by molar-refractivity contribution is 0.347. The second kappa shape index (κ2) is 6.68. The molecule has 0 spiro atoms. The van der Waals surface area contributed by atoms with E-state index in [2.05, 4.69) is 9.97 Å². The van der Waals surface area contributed by atoms with Crippen LogP contribution in [0.2, 0.25) is 0 Å². The van der Waals surface area contributed by atoms with Gasteiger partial charge in [-0.15, -0.1) is 11.3 Å². The van der Waals surface area contributed by atoms with Gasteiger partial charge in [-0.05, 0) is 42.0 Å². The number of benzene rings is 1. The highest BCUT2D eigenvalue weighted by Gasteiger charge is 2.30. The van der Waals surface area contributed by atoms with Crippen LogP contribution in [-0.4, -0.2) is 32.4 Å². The lowest BCUT2D eigenvalue weighted by atomic mass is 10.2. The third-order valence-corrected chi connectivity index (χ3v) is 5.02. The normalized spacial score (nSPS) is 14.3. The predicted molar refractivity (Wildman–Crippen MR) is 99.4 cm³/mol. The summed E-state index contributed by atoms with van der Waals surface area (Å²) in [6.45, 7) is 0.799. The van der Waals surface area contributed by atoms with Crippen LogP contribution < -0.4 is 0 Å². The SMILES string of the molecule is N=C1C(c2nc(-c3ccc(F)cc3)cs2)=C(O)CN1Cc1ccncc1. The Hall–Kier alpha value is -3.06. The van der Waals surface area contributed by atoms with E-state index in [4.69, 9.17) is 5.41 Å². The van der Waals surface area contributed by atoms with Crippen LogP contribution in [0.1, 0.15) is 10.6 Å². The molecule has 2 aromatic heterocycles. The van der Waals surface area contributed by atoms with E-state index < -0.39 is 0 Å². The predicted octanol–water partition coefficient (Wildman–Crippen LogP) is 4.11. The van der Waals surface area contributed by atoms with Crippen molar-refractivity contribution in [3.8, 4) is 11.3 Å². The number of halogens is 1. The summed E-state index contributed by atoms with van der Waals surface area (Å²) < 4.78 is 13.1. The number of nitrogens with one attached hydrogen (secondary N) is 1. The highest BCUT2D eigenvalue weighted by molar-refractivity contribution is 7.11. The molecule has 0 saturated heterocycles. The molecule has 5 nitrogen and oxygen atoms in total. The molecule has 130 valence electrons. The molecule has 0 bridgehead atoms. The summed E-state index contributed by atoms with van der Waals surface area (Å²) >= 11 is 1.36. The Morgan fingerprint density at radius 2 is 1.88 bits per heavy atom. The summed E-state index contributed by atoms with van der Waals surface area (Å²) in [4.78, 5) is 10.3. The number of pyridine rings is 1. The van der Waals surface area contributed by atoms with Gasteiger partial charge in [0.1, 0.15) is 22.4 Å². The van der Waals surface area contributed by atoms with Crippen molar-refractivity contribution in [3.05, 3.63) is 76.3 Å².